The molecule has 17 heavy (non-hydrogen) atoms. The first-order valence-corrected chi connectivity index (χ1v) is 4.58. The minimum atomic E-state index is -2.79. The smallest absolute Gasteiger partial charge is 0.210 e. The first-order chi connectivity index (χ1) is 7.31. The highest BCUT2D eigenvalue weighted by atomic mass is 16.7. The van der Waals surface area contributed by atoms with Gasteiger partial charge in [-0.2, -0.15) is 0 Å². The van der Waals surface area contributed by atoms with Gasteiger partial charge in [-0.05, 0) is 0 Å². The van der Waals surface area contributed by atoms with Crippen molar-refractivity contribution < 1.29 is 40.2 Å². The van der Waals surface area contributed by atoms with Crippen LogP contribution in [0.4, 0.5) is 0 Å². The van der Waals surface area contributed by atoms with Gasteiger partial charge < -0.3 is 46.3 Å². The minimum absolute atomic E-state index is 0. The number of carbonyl (C=O) groups is 1. The van der Waals surface area contributed by atoms with Gasteiger partial charge in [-0.3, -0.25) is 0 Å². The highest BCUT2D eigenvalue weighted by Crippen LogP contribution is 2.28. The molecular weight excluding hydrogens is 238 g/mol. The Labute approximate surface area is 96.5 Å². The molecule has 102 valence electrons. The number of quaternary nitrogens is 1. The van der Waals surface area contributed by atoms with Crippen molar-refractivity contribution in [2.24, 2.45) is 0 Å². The predicted octanol–water partition coefficient (Wildman–Crippen LogP) is -4.33. The van der Waals surface area contributed by atoms with Crippen LogP contribution in [0.15, 0.2) is 0 Å². The lowest BCUT2D eigenvalue weighted by molar-refractivity contribution is -0.378. The van der Waals surface area contributed by atoms with Gasteiger partial charge in [-0.15, -0.1) is 0 Å². The van der Waals surface area contributed by atoms with Gasteiger partial charge in [0.15, 0.2) is 0 Å². The number of aliphatic hydroxyl groups excluding tert-OH is 4. The molecule has 1 fully saturated rings. The summed E-state index contributed by atoms with van der Waals surface area (Å²) in [6.07, 6.45) is -7.25. The molecule has 0 aliphatic carbocycles. The van der Waals surface area contributed by atoms with Crippen molar-refractivity contribution in [1.29, 1.82) is 0 Å². The van der Waals surface area contributed by atoms with Gasteiger partial charge in [-0.1, -0.05) is 0 Å². The van der Waals surface area contributed by atoms with Gasteiger partial charge in [0.1, 0.15) is 24.3 Å². The molecule has 1 saturated heterocycles. The SMILES string of the molecule is O=C([O-])C1(O)C[C@@H](O)[C@@H](O)[C@@H]([C@H](O)CO)O1.[NH4+]. The van der Waals surface area contributed by atoms with Crippen molar-refractivity contribution in [3.05, 3.63) is 0 Å². The number of hydrogen-bond donors (Lipinski definition) is 6. The lowest BCUT2D eigenvalue weighted by Gasteiger charge is -2.43. The second-order valence-corrected chi connectivity index (χ2v) is 3.67. The Morgan fingerprint density at radius 1 is 1.53 bits per heavy atom. The van der Waals surface area contributed by atoms with Crippen molar-refractivity contribution in [2.45, 2.75) is 36.6 Å². The molecule has 0 amide bonds. The summed E-state index contributed by atoms with van der Waals surface area (Å²) in [7, 11) is 0. The molecular formula is C8H17NO8. The summed E-state index contributed by atoms with van der Waals surface area (Å²) in [4.78, 5) is 10.6. The van der Waals surface area contributed by atoms with E-state index in [2.05, 4.69) is 4.74 Å². The van der Waals surface area contributed by atoms with E-state index in [1.165, 1.54) is 0 Å². The Kier molecular flexibility index (Phi) is 5.42. The third-order valence-electron chi connectivity index (χ3n) is 2.43. The fraction of sp³-hybridized carbons (Fsp3) is 0.875. The van der Waals surface area contributed by atoms with E-state index in [-0.39, 0.29) is 6.15 Å². The Morgan fingerprint density at radius 3 is 2.47 bits per heavy atom. The van der Waals surface area contributed by atoms with Crippen LogP contribution < -0.4 is 11.3 Å². The standard InChI is InChI=1S/C8H14O8.H3N/c9-2-4(11)6-5(12)3(10)1-8(15,16-6)7(13)14;/h3-6,9-12,15H,1-2H2,(H,13,14);1H3/t3-,4-,5-,6-,8?;/m1./s1. The number of hydrogen-bond acceptors (Lipinski definition) is 8. The van der Waals surface area contributed by atoms with E-state index < -0.39 is 49.2 Å². The quantitative estimate of drug-likeness (QED) is 0.292. The molecule has 1 aliphatic rings. The Hall–Kier alpha value is -0.810. The number of carboxylic acids is 1. The zero-order chi connectivity index (χ0) is 12.5. The molecule has 0 aromatic heterocycles. The van der Waals surface area contributed by atoms with Crippen LogP contribution in [0.1, 0.15) is 6.42 Å². The third-order valence-corrected chi connectivity index (χ3v) is 2.43. The summed E-state index contributed by atoms with van der Waals surface area (Å²) in [6, 6.07) is 0. The molecule has 1 heterocycles. The minimum Gasteiger partial charge on any atom is -0.544 e. The molecule has 0 aromatic rings. The van der Waals surface area contributed by atoms with Crippen LogP contribution in [-0.4, -0.2) is 68.3 Å². The van der Waals surface area contributed by atoms with Crippen molar-refractivity contribution in [2.75, 3.05) is 6.61 Å². The lowest BCUT2D eigenvalue weighted by atomic mass is 9.93. The number of carboxylic acid groups (broad SMARTS) is 1. The van der Waals surface area contributed by atoms with Crippen LogP contribution in [-0.2, 0) is 9.53 Å². The van der Waals surface area contributed by atoms with Gasteiger partial charge in [0, 0.05) is 6.42 Å². The Morgan fingerprint density at radius 2 is 2.06 bits per heavy atom. The average molecular weight is 255 g/mol. The molecule has 0 saturated carbocycles. The maximum Gasteiger partial charge on any atom is 0.210 e. The number of aliphatic carboxylic acids is 1. The molecule has 9 nitrogen and oxygen atoms in total. The molecule has 0 aromatic carbocycles. The largest absolute Gasteiger partial charge is 0.544 e. The molecule has 0 spiro atoms. The molecule has 1 unspecified atom stereocenters. The van der Waals surface area contributed by atoms with Gasteiger partial charge in [0.2, 0.25) is 5.79 Å². The van der Waals surface area contributed by atoms with Gasteiger partial charge >= 0.3 is 0 Å². The van der Waals surface area contributed by atoms with E-state index in [0.717, 1.165) is 0 Å². The molecule has 0 radical (unpaired) electrons. The third kappa shape index (κ3) is 3.10. The number of aliphatic hydroxyl groups is 5. The molecule has 0 bridgehead atoms. The topological polar surface area (TPSA) is 187 Å². The monoisotopic (exact) mass is 255 g/mol. The molecule has 9 heteroatoms. The summed E-state index contributed by atoms with van der Waals surface area (Å²) in [5.74, 6) is -4.78. The number of carbonyl (C=O) groups excluding carboxylic acids is 1. The highest BCUT2D eigenvalue weighted by Gasteiger charge is 2.48. The van der Waals surface area contributed by atoms with E-state index >= 15 is 0 Å². The first-order valence-electron chi connectivity index (χ1n) is 4.58. The van der Waals surface area contributed by atoms with Crippen LogP contribution >= 0.6 is 0 Å². The maximum absolute atomic E-state index is 10.6. The van der Waals surface area contributed by atoms with Crippen molar-refractivity contribution in [3.63, 3.8) is 0 Å². The Bertz CT molecular complexity index is 274. The lowest BCUT2D eigenvalue weighted by Crippen LogP contribution is -2.64. The van der Waals surface area contributed by atoms with Crippen LogP contribution in [0, 0.1) is 0 Å². The summed E-state index contributed by atoms with van der Waals surface area (Å²) in [5.41, 5.74) is 0. The molecule has 1 aliphatic heterocycles. The fourth-order valence-electron chi connectivity index (χ4n) is 1.51. The van der Waals surface area contributed by atoms with Crippen LogP contribution in [0.5, 0.6) is 0 Å². The number of rotatable bonds is 3. The molecule has 5 atom stereocenters. The summed E-state index contributed by atoms with van der Waals surface area (Å²) < 4.78 is 4.54. The van der Waals surface area contributed by atoms with Crippen molar-refractivity contribution in [3.8, 4) is 0 Å². The maximum atomic E-state index is 10.6. The predicted molar refractivity (Wildman–Crippen MR) is 50.5 cm³/mol. The zero-order valence-corrected chi connectivity index (χ0v) is 9.18. The second kappa shape index (κ2) is 5.69. The molecule has 1 rings (SSSR count). The van der Waals surface area contributed by atoms with E-state index in [0.29, 0.717) is 0 Å². The van der Waals surface area contributed by atoms with Gasteiger partial charge in [0.05, 0.1) is 12.7 Å². The normalized spacial score (nSPS) is 39.2. The zero-order valence-electron chi connectivity index (χ0n) is 9.18. The van der Waals surface area contributed by atoms with Crippen molar-refractivity contribution in [1.82, 2.24) is 6.15 Å². The average Bonchev–Trinajstić information content (AvgIpc) is 2.22. The fourth-order valence-corrected chi connectivity index (χ4v) is 1.51. The van der Waals surface area contributed by atoms with Crippen LogP contribution in [0.3, 0.4) is 0 Å². The second-order valence-electron chi connectivity index (χ2n) is 3.67. The van der Waals surface area contributed by atoms with Gasteiger partial charge in [-0.25, -0.2) is 0 Å². The van der Waals surface area contributed by atoms with Crippen LogP contribution in [0.2, 0.25) is 0 Å². The summed E-state index contributed by atoms with van der Waals surface area (Å²) >= 11 is 0. The highest BCUT2D eigenvalue weighted by molar-refractivity contribution is 5.73. The van der Waals surface area contributed by atoms with E-state index in [4.69, 9.17) is 5.11 Å². The van der Waals surface area contributed by atoms with E-state index in [1.807, 2.05) is 0 Å². The number of ether oxygens (including phenoxy) is 1. The summed E-state index contributed by atoms with van der Waals surface area (Å²) in [5, 5.41) is 56.5. The van der Waals surface area contributed by atoms with Crippen molar-refractivity contribution >= 4 is 5.97 Å². The Balaban J connectivity index is 0.00000256. The van der Waals surface area contributed by atoms with E-state index in [9.17, 15) is 30.3 Å². The summed E-state index contributed by atoms with van der Waals surface area (Å²) in [6.45, 7) is -0.822. The van der Waals surface area contributed by atoms with E-state index in [1.54, 1.807) is 0 Å². The first kappa shape index (κ1) is 16.2. The van der Waals surface area contributed by atoms with Gasteiger partial charge in [0.25, 0.3) is 0 Å². The van der Waals surface area contributed by atoms with Crippen LogP contribution in [0.25, 0.3) is 0 Å². The molecule has 9 N–H and O–H groups in total.